The molecular formula is C15H14FN3S. The van der Waals surface area contributed by atoms with Crippen LogP contribution in [0.15, 0.2) is 42.0 Å². The molecule has 3 aromatic rings. The van der Waals surface area contributed by atoms with Gasteiger partial charge in [0.25, 0.3) is 0 Å². The lowest BCUT2D eigenvalue weighted by molar-refractivity contribution is 0.629. The van der Waals surface area contributed by atoms with Gasteiger partial charge in [0.2, 0.25) is 0 Å². The second kappa shape index (κ2) is 5.54. The zero-order valence-electron chi connectivity index (χ0n) is 11.1. The Bertz CT molecular complexity index is 712. The number of nitrogens with zero attached hydrogens (tertiary/aromatic N) is 3. The Morgan fingerprint density at radius 2 is 2.15 bits per heavy atom. The van der Waals surface area contributed by atoms with E-state index in [1.165, 1.54) is 23.3 Å². The number of anilines is 1. The molecule has 3 nitrogen and oxygen atoms in total. The van der Waals surface area contributed by atoms with E-state index < -0.39 is 0 Å². The third-order valence-electron chi connectivity index (χ3n) is 3.18. The van der Waals surface area contributed by atoms with Crippen LogP contribution in [0.25, 0.3) is 10.9 Å². The maximum atomic E-state index is 13.5. The second-order valence-corrected chi connectivity index (χ2v) is 5.48. The lowest BCUT2D eigenvalue weighted by Gasteiger charge is -2.22. The lowest BCUT2D eigenvalue weighted by atomic mass is 10.2. The quantitative estimate of drug-likeness (QED) is 0.729. The summed E-state index contributed by atoms with van der Waals surface area (Å²) in [6.45, 7) is 3.65. The van der Waals surface area contributed by atoms with E-state index in [1.807, 2.05) is 6.07 Å². The van der Waals surface area contributed by atoms with Gasteiger partial charge in [0.15, 0.2) is 0 Å². The Kier molecular flexibility index (Phi) is 3.60. The van der Waals surface area contributed by atoms with Crippen molar-refractivity contribution in [3.05, 3.63) is 52.7 Å². The molecule has 0 fully saturated rings. The number of halogens is 1. The zero-order chi connectivity index (χ0) is 13.9. The molecule has 0 aliphatic heterocycles. The van der Waals surface area contributed by atoms with Crippen LogP contribution in [0.4, 0.5) is 10.2 Å². The summed E-state index contributed by atoms with van der Waals surface area (Å²) in [5, 5.41) is 2.81. The van der Waals surface area contributed by atoms with Crippen LogP contribution in [0, 0.1) is 5.82 Å². The Balaban J connectivity index is 2.04. The standard InChI is InChI=1S/C15H14FN3S/c1-2-19(9-12-4-3-7-20-12)15-13-8-11(16)5-6-14(13)17-10-18-15/h3-8,10H,2,9H2,1H3. The van der Waals surface area contributed by atoms with Crippen molar-refractivity contribution in [2.45, 2.75) is 13.5 Å². The topological polar surface area (TPSA) is 29.0 Å². The fourth-order valence-electron chi connectivity index (χ4n) is 2.19. The molecule has 0 saturated heterocycles. The monoisotopic (exact) mass is 287 g/mol. The van der Waals surface area contributed by atoms with Crippen molar-refractivity contribution in [2.24, 2.45) is 0 Å². The van der Waals surface area contributed by atoms with Crippen molar-refractivity contribution in [3.63, 3.8) is 0 Å². The molecule has 0 aliphatic carbocycles. The Morgan fingerprint density at radius 3 is 2.90 bits per heavy atom. The van der Waals surface area contributed by atoms with Crippen molar-refractivity contribution in [3.8, 4) is 0 Å². The first-order valence-corrected chi connectivity index (χ1v) is 7.33. The maximum Gasteiger partial charge on any atom is 0.140 e. The highest BCUT2D eigenvalue weighted by molar-refractivity contribution is 7.09. The van der Waals surface area contributed by atoms with Crippen molar-refractivity contribution in [1.82, 2.24) is 9.97 Å². The first-order valence-electron chi connectivity index (χ1n) is 6.45. The molecule has 0 N–H and O–H groups in total. The fourth-order valence-corrected chi connectivity index (χ4v) is 2.91. The maximum absolute atomic E-state index is 13.5. The molecule has 20 heavy (non-hydrogen) atoms. The molecule has 1 aromatic carbocycles. The van der Waals surface area contributed by atoms with Crippen LogP contribution in [0.5, 0.6) is 0 Å². The summed E-state index contributed by atoms with van der Waals surface area (Å²) in [6, 6.07) is 8.74. The molecule has 5 heteroatoms. The molecular weight excluding hydrogens is 273 g/mol. The third-order valence-corrected chi connectivity index (χ3v) is 4.05. The summed E-state index contributed by atoms with van der Waals surface area (Å²) in [7, 11) is 0. The predicted molar refractivity (Wildman–Crippen MR) is 80.5 cm³/mol. The number of aromatic nitrogens is 2. The van der Waals surface area contributed by atoms with Gasteiger partial charge in [-0.3, -0.25) is 0 Å². The Hall–Kier alpha value is -2.01. The minimum atomic E-state index is -0.263. The zero-order valence-corrected chi connectivity index (χ0v) is 11.9. The molecule has 2 aromatic heterocycles. The molecule has 0 atom stereocenters. The summed E-state index contributed by atoms with van der Waals surface area (Å²) in [5.41, 5.74) is 0.765. The number of hydrogen-bond donors (Lipinski definition) is 0. The minimum Gasteiger partial charge on any atom is -0.351 e. The number of thiophene rings is 1. The SMILES string of the molecule is CCN(Cc1cccs1)c1ncnc2ccc(F)cc12. The summed E-state index contributed by atoms with van der Waals surface area (Å²) < 4.78 is 13.5. The van der Waals surface area contributed by atoms with Crippen LogP contribution in [-0.2, 0) is 6.54 Å². The number of rotatable bonds is 4. The van der Waals surface area contributed by atoms with Gasteiger partial charge in [0.05, 0.1) is 12.1 Å². The first kappa shape index (κ1) is 13.0. The van der Waals surface area contributed by atoms with E-state index in [0.717, 1.165) is 29.8 Å². The predicted octanol–water partition coefficient (Wildman–Crippen LogP) is 3.86. The van der Waals surface area contributed by atoms with Gasteiger partial charge in [0, 0.05) is 16.8 Å². The van der Waals surface area contributed by atoms with E-state index in [9.17, 15) is 4.39 Å². The summed E-state index contributed by atoms with van der Waals surface area (Å²) in [5.74, 6) is 0.520. The van der Waals surface area contributed by atoms with E-state index in [-0.39, 0.29) is 5.82 Å². The summed E-state index contributed by atoms with van der Waals surface area (Å²) in [6.07, 6.45) is 1.53. The van der Waals surface area contributed by atoms with Crippen molar-refractivity contribution in [2.75, 3.05) is 11.4 Å². The van der Waals surface area contributed by atoms with Gasteiger partial charge < -0.3 is 4.90 Å². The van der Waals surface area contributed by atoms with Gasteiger partial charge in [0.1, 0.15) is 18.0 Å². The van der Waals surface area contributed by atoms with Gasteiger partial charge in [-0.25, -0.2) is 14.4 Å². The number of fused-ring (bicyclic) bond motifs is 1. The highest BCUT2D eigenvalue weighted by Gasteiger charge is 2.12. The van der Waals surface area contributed by atoms with Gasteiger partial charge in [-0.15, -0.1) is 11.3 Å². The van der Waals surface area contributed by atoms with E-state index in [0.29, 0.717) is 0 Å². The molecule has 0 aliphatic rings. The normalized spacial score (nSPS) is 10.9. The average molecular weight is 287 g/mol. The molecule has 0 radical (unpaired) electrons. The summed E-state index contributed by atoms with van der Waals surface area (Å²) >= 11 is 1.71. The minimum absolute atomic E-state index is 0.263. The summed E-state index contributed by atoms with van der Waals surface area (Å²) in [4.78, 5) is 11.9. The van der Waals surface area contributed by atoms with Crippen LogP contribution in [0.3, 0.4) is 0 Å². The first-order chi connectivity index (χ1) is 9.78. The fraction of sp³-hybridized carbons (Fsp3) is 0.200. The average Bonchev–Trinajstić information content (AvgIpc) is 2.97. The molecule has 0 unspecified atom stereocenters. The van der Waals surface area contributed by atoms with Crippen molar-refractivity contribution in [1.29, 1.82) is 0 Å². The van der Waals surface area contributed by atoms with Crippen molar-refractivity contribution < 1.29 is 4.39 Å². The van der Waals surface area contributed by atoms with E-state index >= 15 is 0 Å². The van der Waals surface area contributed by atoms with Crippen LogP contribution in [0.1, 0.15) is 11.8 Å². The highest BCUT2D eigenvalue weighted by Crippen LogP contribution is 2.25. The Morgan fingerprint density at radius 1 is 1.25 bits per heavy atom. The number of hydrogen-bond acceptors (Lipinski definition) is 4. The van der Waals surface area contributed by atoms with Crippen molar-refractivity contribution >= 4 is 28.1 Å². The van der Waals surface area contributed by atoms with Crippen LogP contribution >= 0.6 is 11.3 Å². The van der Waals surface area contributed by atoms with Gasteiger partial charge in [-0.05, 0) is 36.6 Å². The van der Waals surface area contributed by atoms with Gasteiger partial charge in [-0.2, -0.15) is 0 Å². The molecule has 0 saturated carbocycles. The lowest BCUT2D eigenvalue weighted by Crippen LogP contribution is -2.23. The molecule has 0 spiro atoms. The highest BCUT2D eigenvalue weighted by atomic mass is 32.1. The molecule has 0 bridgehead atoms. The van der Waals surface area contributed by atoms with Crippen LogP contribution in [0.2, 0.25) is 0 Å². The van der Waals surface area contributed by atoms with E-state index in [2.05, 4.69) is 33.2 Å². The third kappa shape index (κ3) is 2.49. The molecule has 102 valence electrons. The Labute approximate surface area is 120 Å². The molecule has 2 heterocycles. The van der Waals surface area contributed by atoms with E-state index in [1.54, 1.807) is 17.4 Å². The number of benzene rings is 1. The molecule has 0 amide bonds. The van der Waals surface area contributed by atoms with E-state index in [4.69, 9.17) is 0 Å². The van der Waals surface area contributed by atoms with Gasteiger partial charge in [-0.1, -0.05) is 6.07 Å². The second-order valence-electron chi connectivity index (χ2n) is 4.45. The largest absolute Gasteiger partial charge is 0.351 e. The van der Waals surface area contributed by atoms with Crippen LogP contribution in [-0.4, -0.2) is 16.5 Å². The molecule has 3 rings (SSSR count). The van der Waals surface area contributed by atoms with Gasteiger partial charge >= 0.3 is 0 Å². The van der Waals surface area contributed by atoms with Crippen LogP contribution < -0.4 is 4.90 Å². The smallest absolute Gasteiger partial charge is 0.140 e.